The van der Waals surface area contributed by atoms with Crippen molar-refractivity contribution in [1.82, 2.24) is 5.32 Å². The monoisotopic (exact) mass is 369 g/mol. The van der Waals surface area contributed by atoms with E-state index in [2.05, 4.69) is 21.2 Å². The van der Waals surface area contributed by atoms with Gasteiger partial charge in [-0.25, -0.2) is 4.39 Å². The van der Waals surface area contributed by atoms with E-state index in [-0.39, 0.29) is 5.82 Å². The third-order valence-electron chi connectivity index (χ3n) is 3.31. The van der Waals surface area contributed by atoms with Gasteiger partial charge in [-0.3, -0.25) is 0 Å². The molecule has 2 aromatic carbocycles. The second kappa shape index (κ2) is 6.34. The van der Waals surface area contributed by atoms with Crippen molar-refractivity contribution in [2.24, 2.45) is 0 Å². The molecule has 0 aliphatic heterocycles. The van der Waals surface area contributed by atoms with Crippen molar-refractivity contribution in [2.75, 3.05) is 0 Å². The third-order valence-corrected chi connectivity index (χ3v) is 4.18. The number of nitrogens with one attached hydrogen (secondary N) is 1. The van der Waals surface area contributed by atoms with Gasteiger partial charge in [0, 0.05) is 29.2 Å². The van der Waals surface area contributed by atoms with Crippen LogP contribution in [0.4, 0.5) is 4.39 Å². The van der Waals surface area contributed by atoms with Gasteiger partial charge < -0.3 is 10.1 Å². The minimum Gasteiger partial charge on any atom is -0.457 e. The number of halogens is 3. The summed E-state index contributed by atoms with van der Waals surface area (Å²) in [5.74, 6) is 0.746. The summed E-state index contributed by atoms with van der Waals surface area (Å²) in [7, 11) is 0. The Kier molecular flexibility index (Phi) is 4.48. The van der Waals surface area contributed by atoms with Crippen LogP contribution in [0.15, 0.2) is 40.9 Å². The van der Waals surface area contributed by atoms with Crippen molar-refractivity contribution in [3.63, 3.8) is 0 Å². The van der Waals surface area contributed by atoms with Gasteiger partial charge >= 0.3 is 0 Å². The Labute approximate surface area is 136 Å². The lowest BCUT2D eigenvalue weighted by Gasteiger charge is -2.12. The Bertz CT molecular complexity index is 661. The van der Waals surface area contributed by atoms with Crippen molar-refractivity contribution in [2.45, 2.75) is 25.4 Å². The first-order chi connectivity index (χ1) is 10.1. The first-order valence-corrected chi connectivity index (χ1v) is 7.93. The van der Waals surface area contributed by atoms with E-state index in [1.165, 1.54) is 18.9 Å². The molecule has 2 aromatic rings. The minimum absolute atomic E-state index is 0.354. The fourth-order valence-corrected chi connectivity index (χ4v) is 2.39. The Morgan fingerprint density at radius 1 is 1.24 bits per heavy atom. The van der Waals surface area contributed by atoms with Crippen LogP contribution in [0.5, 0.6) is 11.5 Å². The van der Waals surface area contributed by atoms with Crippen LogP contribution in [-0.2, 0) is 6.54 Å². The highest BCUT2D eigenvalue weighted by Gasteiger charge is 2.20. The summed E-state index contributed by atoms with van der Waals surface area (Å²) < 4.78 is 19.8. The molecule has 3 rings (SSSR count). The number of hydrogen-bond donors (Lipinski definition) is 1. The highest BCUT2D eigenvalue weighted by molar-refractivity contribution is 9.10. The van der Waals surface area contributed by atoms with Crippen molar-refractivity contribution in [3.05, 3.63) is 57.3 Å². The average molecular weight is 371 g/mol. The SMILES string of the molecule is Fc1cc(Oc2cc(Cl)ccc2CNC2CC2)ccc1Br. The van der Waals surface area contributed by atoms with Gasteiger partial charge in [0.1, 0.15) is 17.3 Å². The standard InChI is InChI=1S/C16H14BrClFNO/c17-14-6-5-13(8-15(14)19)21-16-7-11(18)2-1-10(16)9-20-12-3-4-12/h1-2,5-8,12,20H,3-4,9H2. The van der Waals surface area contributed by atoms with Crippen LogP contribution in [-0.4, -0.2) is 6.04 Å². The van der Waals surface area contributed by atoms with Crippen LogP contribution in [0.2, 0.25) is 5.02 Å². The van der Waals surface area contributed by atoms with E-state index < -0.39 is 0 Å². The molecule has 2 nitrogen and oxygen atoms in total. The maximum Gasteiger partial charge on any atom is 0.141 e. The topological polar surface area (TPSA) is 21.3 Å². The van der Waals surface area contributed by atoms with E-state index in [9.17, 15) is 4.39 Å². The summed E-state index contributed by atoms with van der Waals surface area (Å²) in [4.78, 5) is 0. The van der Waals surface area contributed by atoms with Crippen molar-refractivity contribution < 1.29 is 9.13 Å². The molecule has 0 heterocycles. The van der Waals surface area contributed by atoms with Gasteiger partial charge in [0.15, 0.2) is 0 Å². The van der Waals surface area contributed by atoms with Crippen LogP contribution in [0, 0.1) is 5.82 Å². The van der Waals surface area contributed by atoms with Crippen LogP contribution in [0.25, 0.3) is 0 Å². The zero-order valence-electron chi connectivity index (χ0n) is 11.2. The average Bonchev–Trinajstić information content (AvgIpc) is 3.26. The third kappa shape index (κ3) is 3.96. The molecule has 5 heteroatoms. The van der Waals surface area contributed by atoms with Gasteiger partial charge in [-0.2, -0.15) is 0 Å². The largest absolute Gasteiger partial charge is 0.457 e. The van der Waals surface area contributed by atoms with E-state index in [4.69, 9.17) is 16.3 Å². The lowest BCUT2D eigenvalue weighted by Crippen LogP contribution is -2.15. The molecule has 0 bridgehead atoms. The van der Waals surface area contributed by atoms with Crippen LogP contribution in [0.1, 0.15) is 18.4 Å². The number of hydrogen-bond acceptors (Lipinski definition) is 2. The summed E-state index contributed by atoms with van der Waals surface area (Å²) in [6, 6.07) is 10.8. The van der Waals surface area contributed by atoms with Crippen LogP contribution in [0.3, 0.4) is 0 Å². The molecule has 0 aromatic heterocycles. The van der Waals surface area contributed by atoms with Gasteiger partial charge in [-0.15, -0.1) is 0 Å². The van der Waals surface area contributed by atoms with E-state index in [0.29, 0.717) is 27.0 Å². The smallest absolute Gasteiger partial charge is 0.141 e. The Morgan fingerprint density at radius 3 is 2.76 bits per heavy atom. The second-order valence-corrected chi connectivity index (χ2v) is 6.38. The molecule has 21 heavy (non-hydrogen) atoms. The number of ether oxygens (including phenoxy) is 1. The molecular weight excluding hydrogens is 357 g/mol. The molecule has 0 spiro atoms. The predicted molar refractivity (Wildman–Crippen MR) is 85.5 cm³/mol. The highest BCUT2D eigenvalue weighted by atomic mass is 79.9. The fraction of sp³-hybridized carbons (Fsp3) is 0.250. The van der Waals surface area contributed by atoms with E-state index in [0.717, 1.165) is 12.1 Å². The number of benzene rings is 2. The lowest BCUT2D eigenvalue weighted by atomic mass is 10.2. The normalized spacial score (nSPS) is 14.2. The van der Waals surface area contributed by atoms with Gasteiger partial charge in [-0.1, -0.05) is 17.7 Å². The van der Waals surface area contributed by atoms with Gasteiger partial charge in [0.25, 0.3) is 0 Å². The maximum atomic E-state index is 13.6. The molecule has 0 amide bonds. The fourth-order valence-electron chi connectivity index (χ4n) is 1.98. The predicted octanol–water partition coefficient (Wildman–Crippen LogP) is 5.29. The molecule has 1 fully saturated rings. The quantitative estimate of drug-likeness (QED) is 0.772. The van der Waals surface area contributed by atoms with Crippen LogP contribution >= 0.6 is 27.5 Å². The van der Waals surface area contributed by atoms with Crippen molar-refractivity contribution in [3.8, 4) is 11.5 Å². The molecule has 0 radical (unpaired) electrons. The molecule has 0 atom stereocenters. The first kappa shape index (κ1) is 14.8. The zero-order valence-corrected chi connectivity index (χ0v) is 13.5. The van der Waals surface area contributed by atoms with Crippen LogP contribution < -0.4 is 10.1 Å². The van der Waals surface area contributed by atoms with Gasteiger partial charge in [-0.05, 0) is 53.0 Å². The molecule has 1 aliphatic rings. The minimum atomic E-state index is -0.354. The lowest BCUT2D eigenvalue weighted by molar-refractivity contribution is 0.467. The molecule has 1 saturated carbocycles. The molecule has 1 aliphatic carbocycles. The Balaban J connectivity index is 1.81. The maximum absolute atomic E-state index is 13.6. The summed E-state index contributed by atoms with van der Waals surface area (Å²) >= 11 is 9.16. The van der Waals surface area contributed by atoms with Crippen molar-refractivity contribution >= 4 is 27.5 Å². The summed E-state index contributed by atoms with van der Waals surface area (Å²) in [5, 5.41) is 4.03. The summed E-state index contributed by atoms with van der Waals surface area (Å²) in [6.07, 6.45) is 2.45. The molecular formula is C16H14BrClFNO. The molecule has 1 N–H and O–H groups in total. The summed E-state index contributed by atoms with van der Waals surface area (Å²) in [5.41, 5.74) is 1.01. The second-order valence-electron chi connectivity index (χ2n) is 5.09. The Morgan fingerprint density at radius 2 is 2.05 bits per heavy atom. The van der Waals surface area contributed by atoms with Gasteiger partial charge in [0.2, 0.25) is 0 Å². The zero-order chi connectivity index (χ0) is 14.8. The highest BCUT2D eigenvalue weighted by Crippen LogP contribution is 2.31. The summed E-state index contributed by atoms with van der Waals surface area (Å²) in [6.45, 7) is 0.718. The van der Waals surface area contributed by atoms with Crippen molar-refractivity contribution in [1.29, 1.82) is 0 Å². The van der Waals surface area contributed by atoms with E-state index in [1.807, 2.05) is 12.1 Å². The number of rotatable bonds is 5. The first-order valence-electron chi connectivity index (χ1n) is 6.76. The van der Waals surface area contributed by atoms with E-state index >= 15 is 0 Å². The molecule has 0 saturated heterocycles. The Hall–Kier alpha value is -1.10. The molecule has 0 unspecified atom stereocenters. The van der Waals surface area contributed by atoms with E-state index in [1.54, 1.807) is 18.2 Å². The molecule has 110 valence electrons. The van der Waals surface area contributed by atoms with Gasteiger partial charge in [0.05, 0.1) is 4.47 Å².